The molecule has 1 aliphatic rings. The number of carbonyl (C=O) groups is 3. The van der Waals surface area contributed by atoms with Crippen molar-refractivity contribution >= 4 is 17.7 Å². The Kier molecular flexibility index (Phi) is 7.87. The number of hydrogen-bond donors (Lipinski definition) is 2. The second kappa shape index (κ2) is 11.4. The van der Waals surface area contributed by atoms with Crippen LogP contribution in [0.1, 0.15) is 50.6 Å². The molecule has 4 rings (SSSR count). The summed E-state index contributed by atoms with van der Waals surface area (Å²) in [6, 6.07) is 15.3. The predicted octanol–water partition coefficient (Wildman–Crippen LogP) is 2.11. The van der Waals surface area contributed by atoms with Gasteiger partial charge < -0.3 is 15.5 Å². The zero-order chi connectivity index (χ0) is 24.6. The van der Waals surface area contributed by atoms with Crippen molar-refractivity contribution in [3.05, 3.63) is 82.9 Å². The van der Waals surface area contributed by atoms with Crippen LogP contribution in [0.25, 0.3) is 0 Å². The third-order valence-corrected chi connectivity index (χ3v) is 5.84. The van der Waals surface area contributed by atoms with Crippen molar-refractivity contribution in [3.63, 3.8) is 0 Å². The first-order valence-electron chi connectivity index (χ1n) is 11.9. The number of pyridine rings is 1. The van der Waals surface area contributed by atoms with Crippen LogP contribution >= 0.6 is 0 Å². The van der Waals surface area contributed by atoms with Crippen molar-refractivity contribution in [2.75, 3.05) is 19.6 Å². The topological polar surface area (TPSA) is 109 Å². The molecule has 2 N–H and O–H groups in total. The molecule has 0 fully saturated rings. The molecule has 2 aromatic heterocycles. The first-order chi connectivity index (χ1) is 17.0. The minimum atomic E-state index is -0.398. The van der Waals surface area contributed by atoms with E-state index >= 15 is 0 Å². The molecule has 3 amide bonds. The average Bonchev–Trinajstić information content (AvgIpc) is 3.22. The lowest BCUT2D eigenvalue weighted by Gasteiger charge is -2.20. The molecule has 0 saturated heterocycles. The van der Waals surface area contributed by atoms with E-state index in [0.29, 0.717) is 38.3 Å². The fraction of sp³-hybridized carbons (Fsp3) is 0.346. The van der Waals surface area contributed by atoms with E-state index in [0.717, 1.165) is 23.2 Å². The maximum atomic E-state index is 13.1. The van der Waals surface area contributed by atoms with Gasteiger partial charge in [-0.15, -0.1) is 0 Å². The Balaban J connectivity index is 1.27. The van der Waals surface area contributed by atoms with E-state index in [1.807, 2.05) is 43.3 Å². The van der Waals surface area contributed by atoms with Gasteiger partial charge in [0.2, 0.25) is 5.91 Å². The van der Waals surface area contributed by atoms with Gasteiger partial charge in [0.05, 0.1) is 0 Å². The number of nitrogens with one attached hydrogen (secondary N) is 2. The standard InChI is InChI=1S/C26H30N6O3/c1-19-6-4-7-20(16-19)18-31-14-5-15-32-23(26(31)35)17-22(30-32)25(34)29-13-10-24(33)28-12-9-21-8-2-3-11-27-21/h2-4,6-8,11,16-17H,5,9-10,12-15,18H2,1H3,(H,28,33)(H,29,34). The van der Waals surface area contributed by atoms with Gasteiger partial charge >= 0.3 is 0 Å². The normalized spacial score (nSPS) is 13.2. The molecule has 0 unspecified atom stereocenters. The summed E-state index contributed by atoms with van der Waals surface area (Å²) in [6.07, 6.45) is 3.28. The van der Waals surface area contributed by atoms with Gasteiger partial charge in [-0.25, -0.2) is 0 Å². The zero-order valence-electron chi connectivity index (χ0n) is 19.9. The van der Waals surface area contributed by atoms with E-state index in [4.69, 9.17) is 0 Å². The van der Waals surface area contributed by atoms with Crippen molar-refractivity contribution in [3.8, 4) is 0 Å². The number of aryl methyl sites for hydroxylation is 2. The molecule has 182 valence electrons. The van der Waals surface area contributed by atoms with Crippen molar-refractivity contribution in [1.29, 1.82) is 0 Å². The molecule has 0 radical (unpaired) electrons. The highest BCUT2D eigenvalue weighted by atomic mass is 16.2. The molecule has 0 aliphatic carbocycles. The average molecular weight is 475 g/mol. The van der Waals surface area contributed by atoms with Crippen LogP contribution in [-0.2, 0) is 24.3 Å². The Morgan fingerprint density at radius 3 is 2.71 bits per heavy atom. The van der Waals surface area contributed by atoms with E-state index in [1.54, 1.807) is 21.8 Å². The fourth-order valence-corrected chi connectivity index (χ4v) is 4.07. The Morgan fingerprint density at radius 2 is 1.91 bits per heavy atom. The second-order valence-electron chi connectivity index (χ2n) is 8.63. The summed E-state index contributed by atoms with van der Waals surface area (Å²) in [5, 5.41) is 9.89. The van der Waals surface area contributed by atoms with E-state index in [2.05, 4.69) is 26.8 Å². The van der Waals surface area contributed by atoms with Crippen molar-refractivity contribution in [1.82, 2.24) is 30.3 Å². The molecular weight excluding hydrogens is 444 g/mol. The maximum absolute atomic E-state index is 13.1. The van der Waals surface area contributed by atoms with Crippen molar-refractivity contribution in [2.45, 2.75) is 39.3 Å². The van der Waals surface area contributed by atoms with Gasteiger partial charge in [-0.1, -0.05) is 35.9 Å². The summed E-state index contributed by atoms with van der Waals surface area (Å²) in [5.41, 5.74) is 3.72. The second-order valence-corrected chi connectivity index (χ2v) is 8.63. The number of hydrogen-bond acceptors (Lipinski definition) is 5. The van der Waals surface area contributed by atoms with Crippen LogP contribution in [-0.4, -0.2) is 57.0 Å². The van der Waals surface area contributed by atoms with Gasteiger partial charge in [0.25, 0.3) is 11.8 Å². The van der Waals surface area contributed by atoms with Crippen LogP contribution in [0.15, 0.2) is 54.7 Å². The summed E-state index contributed by atoms with van der Waals surface area (Å²) in [5.74, 6) is -0.684. The quantitative estimate of drug-likeness (QED) is 0.494. The summed E-state index contributed by atoms with van der Waals surface area (Å²) in [6.45, 7) is 4.41. The van der Waals surface area contributed by atoms with Crippen LogP contribution in [0.3, 0.4) is 0 Å². The molecular formula is C26H30N6O3. The molecule has 9 heteroatoms. The Morgan fingerprint density at radius 1 is 1.03 bits per heavy atom. The SMILES string of the molecule is Cc1cccc(CN2CCCn3nc(C(=O)NCCC(=O)NCCc4ccccn4)cc3C2=O)c1. The highest BCUT2D eigenvalue weighted by Crippen LogP contribution is 2.17. The van der Waals surface area contributed by atoms with Crippen molar-refractivity contribution < 1.29 is 14.4 Å². The van der Waals surface area contributed by atoms with Gasteiger partial charge in [-0.2, -0.15) is 5.10 Å². The Hall–Kier alpha value is -4.01. The number of fused-ring (bicyclic) bond motifs is 1. The Bertz CT molecular complexity index is 1190. The minimum Gasteiger partial charge on any atom is -0.356 e. The van der Waals surface area contributed by atoms with Crippen LogP contribution < -0.4 is 10.6 Å². The van der Waals surface area contributed by atoms with Crippen LogP contribution in [0.2, 0.25) is 0 Å². The monoisotopic (exact) mass is 474 g/mol. The third-order valence-electron chi connectivity index (χ3n) is 5.84. The third kappa shape index (κ3) is 6.53. The molecule has 35 heavy (non-hydrogen) atoms. The number of nitrogens with zero attached hydrogens (tertiary/aromatic N) is 4. The lowest BCUT2D eigenvalue weighted by molar-refractivity contribution is -0.120. The van der Waals surface area contributed by atoms with Gasteiger partial charge in [-0.05, 0) is 31.0 Å². The lowest BCUT2D eigenvalue weighted by Crippen LogP contribution is -2.32. The van der Waals surface area contributed by atoms with Crippen LogP contribution in [0.5, 0.6) is 0 Å². The number of rotatable bonds is 9. The molecule has 0 bridgehead atoms. The summed E-state index contributed by atoms with van der Waals surface area (Å²) in [7, 11) is 0. The summed E-state index contributed by atoms with van der Waals surface area (Å²) in [4.78, 5) is 43.8. The number of amides is 3. The minimum absolute atomic E-state index is 0.136. The Labute approximate surface area is 204 Å². The maximum Gasteiger partial charge on any atom is 0.272 e. The molecule has 1 aromatic carbocycles. The highest BCUT2D eigenvalue weighted by molar-refractivity contribution is 5.98. The first kappa shape index (κ1) is 24.1. The van der Waals surface area contributed by atoms with E-state index in [1.165, 1.54) is 0 Å². The van der Waals surface area contributed by atoms with Gasteiger partial charge in [0, 0.05) is 63.5 Å². The fourth-order valence-electron chi connectivity index (χ4n) is 4.07. The molecule has 0 saturated carbocycles. The zero-order valence-corrected chi connectivity index (χ0v) is 19.9. The van der Waals surface area contributed by atoms with Gasteiger partial charge in [0.1, 0.15) is 5.69 Å². The predicted molar refractivity (Wildman–Crippen MR) is 131 cm³/mol. The molecule has 9 nitrogen and oxygen atoms in total. The van der Waals surface area contributed by atoms with Gasteiger partial charge in [-0.3, -0.25) is 24.0 Å². The largest absolute Gasteiger partial charge is 0.356 e. The summed E-state index contributed by atoms with van der Waals surface area (Å²) < 4.78 is 1.61. The molecule has 3 aromatic rings. The highest BCUT2D eigenvalue weighted by Gasteiger charge is 2.26. The van der Waals surface area contributed by atoms with E-state index in [-0.39, 0.29) is 30.5 Å². The lowest BCUT2D eigenvalue weighted by atomic mass is 10.1. The van der Waals surface area contributed by atoms with E-state index in [9.17, 15) is 14.4 Å². The molecule has 0 atom stereocenters. The van der Waals surface area contributed by atoms with Gasteiger partial charge in [0.15, 0.2) is 5.69 Å². The molecule has 3 heterocycles. The molecule has 0 spiro atoms. The number of benzene rings is 1. The first-order valence-corrected chi connectivity index (χ1v) is 11.9. The number of carbonyl (C=O) groups excluding carboxylic acids is 3. The van der Waals surface area contributed by atoms with E-state index < -0.39 is 5.91 Å². The van der Waals surface area contributed by atoms with Crippen LogP contribution in [0.4, 0.5) is 0 Å². The number of aromatic nitrogens is 3. The van der Waals surface area contributed by atoms with Crippen molar-refractivity contribution in [2.24, 2.45) is 0 Å². The summed E-state index contributed by atoms with van der Waals surface area (Å²) >= 11 is 0. The van der Waals surface area contributed by atoms with Crippen LogP contribution in [0, 0.1) is 6.92 Å². The smallest absolute Gasteiger partial charge is 0.272 e. The molecule has 1 aliphatic heterocycles.